The van der Waals surface area contributed by atoms with Gasteiger partial charge in [0.25, 0.3) is 5.91 Å². The van der Waals surface area contributed by atoms with Crippen LogP contribution in [0.2, 0.25) is 0 Å². The molecule has 0 aromatic heterocycles. The highest BCUT2D eigenvalue weighted by atomic mass is 127. The molecule has 0 bridgehead atoms. The lowest BCUT2D eigenvalue weighted by Crippen LogP contribution is -2.17. The zero-order chi connectivity index (χ0) is 19.8. The predicted octanol–water partition coefficient (Wildman–Crippen LogP) is 4.51. The third-order valence-corrected chi connectivity index (χ3v) is 4.64. The Morgan fingerprint density at radius 3 is 2.57 bits per heavy atom. The molecule has 3 aromatic rings. The number of nitrogens with one attached hydrogen (secondary N) is 1. The van der Waals surface area contributed by atoms with E-state index in [1.165, 1.54) is 6.21 Å². The van der Waals surface area contributed by atoms with Crippen LogP contribution in [-0.2, 0) is 6.61 Å². The van der Waals surface area contributed by atoms with Gasteiger partial charge in [-0.15, -0.1) is 0 Å². The molecule has 0 saturated carbocycles. The molecule has 0 atom stereocenters. The van der Waals surface area contributed by atoms with E-state index in [0.29, 0.717) is 16.9 Å². The summed E-state index contributed by atoms with van der Waals surface area (Å²) < 4.78 is 6.92. The van der Waals surface area contributed by atoms with Crippen LogP contribution in [0.5, 0.6) is 5.75 Å². The maximum atomic E-state index is 12.1. The van der Waals surface area contributed by atoms with Crippen molar-refractivity contribution >= 4 is 34.7 Å². The van der Waals surface area contributed by atoms with Gasteiger partial charge in [-0.1, -0.05) is 30.3 Å². The van der Waals surface area contributed by atoms with Crippen molar-refractivity contribution in [2.24, 2.45) is 5.10 Å². The summed E-state index contributed by atoms with van der Waals surface area (Å²) in [6.07, 6.45) is 1.54. The van der Waals surface area contributed by atoms with E-state index < -0.39 is 0 Å². The highest BCUT2D eigenvalue weighted by molar-refractivity contribution is 14.1. The second kappa shape index (κ2) is 9.67. The van der Waals surface area contributed by atoms with Crippen molar-refractivity contribution in [1.29, 1.82) is 5.26 Å². The van der Waals surface area contributed by atoms with E-state index in [-0.39, 0.29) is 12.5 Å². The fourth-order valence-corrected chi connectivity index (χ4v) is 2.82. The average Bonchev–Trinajstić information content (AvgIpc) is 2.73. The Hall–Kier alpha value is -3.18. The fraction of sp³-hybridized carbons (Fsp3) is 0.0455. The van der Waals surface area contributed by atoms with Crippen molar-refractivity contribution in [2.75, 3.05) is 0 Å². The number of hydrazone groups is 1. The van der Waals surface area contributed by atoms with Gasteiger partial charge in [0.05, 0.1) is 17.8 Å². The smallest absolute Gasteiger partial charge is 0.271 e. The zero-order valence-electron chi connectivity index (χ0n) is 14.8. The number of hydrogen-bond donors (Lipinski definition) is 1. The Bertz CT molecular complexity index is 1040. The third kappa shape index (κ3) is 5.18. The lowest BCUT2D eigenvalue weighted by molar-refractivity contribution is 0.0955. The number of halogens is 1. The molecular weight excluding hydrogens is 465 g/mol. The van der Waals surface area contributed by atoms with Gasteiger partial charge in [0.15, 0.2) is 0 Å². The Kier molecular flexibility index (Phi) is 6.76. The SMILES string of the molecule is N#Cc1ccccc1COc1ccccc1/C=N\NC(=O)c1ccc(I)cc1. The van der Waals surface area contributed by atoms with Gasteiger partial charge in [-0.25, -0.2) is 5.43 Å². The van der Waals surface area contributed by atoms with Crippen molar-refractivity contribution in [3.8, 4) is 11.8 Å². The number of hydrogen-bond acceptors (Lipinski definition) is 4. The van der Waals surface area contributed by atoms with Crippen LogP contribution >= 0.6 is 22.6 Å². The van der Waals surface area contributed by atoms with E-state index in [2.05, 4.69) is 39.2 Å². The summed E-state index contributed by atoms with van der Waals surface area (Å²) in [5, 5.41) is 13.2. The number of ether oxygens (including phenoxy) is 1. The maximum Gasteiger partial charge on any atom is 0.271 e. The number of nitriles is 1. The van der Waals surface area contributed by atoms with Crippen molar-refractivity contribution < 1.29 is 9.53 Å². The first-order valence-corrected chi connectivity index (χ1v) is 9.54. The minimum absolute atomic E-state index is 0.267. The number of para-hydroxylation sites is 1. The van der Waals surface area contributed by atoms with Crippen LogP contribution in [0.1, 0.15) is 27.0 Å². The topological polar surface area (TPSA) is 74.5 Å². The van der Waals surface area contributed by atoms with Gasteiger partial charge in [-0.3, -0.25) is 4.79 Å². The Morgan fingerprint density at radius 2 is 1.79 bits per heavy atom. The summed E-state index contributed by atoms with van der Waals surface area (Å²) in [6, 6.07) is 24.0. The number of rotatable bonds is 6. The van der Waals surface area contributed by atoms with E-state index in [0.717, 1.165) is 14.7 Å². The van der Waals surface area contributed by atoms with Gasteiger partial charge in [-0.2, -0.15) is 10.4 Å². The highest BCUT2D eigenvalue weighted by Crippen LogP contribution is 2.18. The first-order valence-electron chi connectivity index (χ1n) is 8.46. The third-order valence-electron chi connectivity index (χ3n) is 3.92. The molecule has 0 fully saturated rings. The summed E-state index contributed by atoms with van der Waals surface area (Å²) in [7, 11) is 0. The maximum absolute atomic E-state index is 12.1. The summed E-state index contributed by atoms with van der Waals surface area (Å²) in [5.74, 6) is 0.330. The Labute approximate surface area is 176 Å². The molecule has 1 N–H and O–H groups in total. The Morgan fingerprint density at radius 1 is 1.07 bits per heavy atom. The van der Waals surface area contributed by atoms with Gasteiger partial charge in [0.2, 0.25) is 0 Å². The summed E-state index contributed by atoms with van der Waals surface area (Å²) in [4.78, 5) is 12.1. The van der Waals surface area contributed by atoms with Crippen molar-refractivity contribution in [2.45, 2.75) is 6.61 Å². The molecule has 0 aliphatic carbocycles. The largest absolute Gasteiger partial charge is 0.488 e. The van der Waals surface area contributed by atoms with Crippen LogP contribution in [-0.4, -0.2) is 12.1 Å². The van der Waals surface area contributed by atoms with E-state index >= 15 is 0 Å². The fourth-order valence-electron chi connectivity index (χ4n) is 2.46. The van der Waals surface area contributed by atoms with Crippen LogP contribution in [0.4, 0.5) is 0 Å². The van der Waals surface area contributed by atoms with Crippen molar-refractivity contribution in [1.82, 2.24) is 5.43 Å². The molecule has 0 radical (unpaired) electrons. The summed E-state index contributed by atoms with van der Waals surface area (Å²) >= 11 is 2.18. The molecule has 0 spiro atoms. The Balaban J connectivity index is 1.66. The average molecular weight is 481 g/mol. The van der Waals surface area contributed by atoms with Gasteiger partial charge in [0.1, 0.15) is 12.4 Å². The van der Waals surface area contributed by atoms with Gasteiger partial charge in [-0.05, 0) is 65.1 Å². The van der Waals surface area contributed by atoms with Gasteiger partial charge < -0.3 is 4.74 Å². The lowest BCUT2D eigenvalue weighted by atomic mass is 10.1. The minimum atomic E-state index is -0.283. The van der Waals surface area contributed by atoms with E-state index in [1.807, 2.05) is 54.6 Å². The van der Waals surface area contributed by atoms with Gasteiger partial charge in [0, 0.05) is 20.3 Å². The highest BCUT2D eigenvalue weighted by Gasteiger charge is 2.06. The molecule has 5 nitrogen and oxygen atoms in total. The molecule has 3 rings (SSSR count). The molecule has 0 aliphatic heterocycles. The number of benzene rings is 3. The van der Waals surface area contributed by atoms with Crippen LogP contribution in [0.3, 0.4) is 0 Å². The molecule has 0 unspecified atom stereocenters. The van der Waals surface area contributed by atoms with E-state index in [4.69, 9.17) is 4.74 Å². The normalized spacial score (nSPS) is 10.4. The quantitative estimate of drug-likeness (QED) is 0.320. The number of carbonyl (C=O) groups excluding carboxylic acids is 1. The van der Waals surface area contributed by atoms with Crippen molar-refractivity contribution in [3.63, 3.8) is 0 Å². The molecular formula is C22H16IN3O2. The predicted molar refractivity (Wildman–Crippen MR) is 116 cm³/mol. The number of nitrogens with zero attached hydrogens (tertiary/aromatic N) is 2. The van der Waals surface area contributed by atoms with Crippen molar-refractivity contribution in [3.05, 3.63) is 98.6 Å². The summed E-state index contributed by atoms with van der Waals surface area (Å²) in [5.41, 5.74) is 5.17. The zero-order valence-corrected chi connectivity index (χ0v) is 17.0. The van der Waals surface area contributed by atoms with Crippen LogP contribution in [0.15, 0.2) is 77.9 Å². The number of carbonyl (C=O) groups is 1. The summed E-state index contributed by atoms with van der Waals surface area (Å²) in [6.45, 7) is 0.267. The first-order chi connectivity index (χ1) is 13.7. The lowest BCUT2D eigenvalue weighted by Gasteiger charge is -2.10. The second-order valence-corrected chi connectivity index (χ2v) is 7.05. The minimum Gasteiger partial charge on any atom is -0.488 e. The standard InChI is InChI=1S/C22H16IN3O2/c23-20-11-9-16(10-12-20)22(27)26-25-14-18-6-3-4-8-21(18)28-15-19-7-2-1-5-17(19)13-24/h1-12,14H,15H2,(H,26,27)/b25-14-. The molecule has 3 aromatic carbocycles. The monoisotopic (exact) mass is 481 g/mol. The molecule has 138 valence electrons. The first kappa shape index (κ1) is 19.6. The van der Waals surface area contributed by atoms with Gasteiger partial charge >= 0.3 is 0 Å². The molecule has 0 heterocycles. The molecule has 1 amide bonds. The molecule has 6 heteroatoms. The van der Waals surface area contributed by atoms with E-state index in [9.17, 15) is 10.1 Å². The second-order valence-electron chi connectivity index (χ2n) is 5.80. The van der Waals surface area contributed by atoms with Crippen LogP contribution in [0.25, 0.3) is 0 Å². The molecule has 28 heavy (non-hydrogen) atoms. The van der Waals surface area contributed by atoms with Crippen LogP contribution in [0, 0.1) is 14.9 Å². The van der Waals surface area contributed by atoms with E-state index in [1.54, 1.807) is 18.2 Å². The molecule has 0 saturated heterocycles. The molecule has 0 aliphatic rings. The number of amides is 1. The van der Waals surface area contributed by atoms with Crippen LogP contribution < -0.4 is 10.2 Å².